The smallest absolute Gasteiger partial charge is 0.0561 e. The highest BCUT2D eigenvalue weighted by Gasteiger charge is 2.32. The summed E-state index contributed by atoms with van der Waals surface area (Å²) < 4.78 is 18.6. The molecule has 0 amide bonds. The molecule has 12 nitrogen and oxygen atoms in total. The number of hydrogen-bond acceptors (Lipinski definition) is 4. The van der Waals surface area contributed by atoms with Crippen LogP contribution in [-0.2, 0) is 0 Å². The van der Waals surface area contributed by atoms with Gasteiger partial charge in [-0.25, -0.2) is 0 Å². The Morgan fingerprint density at radius 2 is 0.286 bits per heavy atom. The molecule has 0 aliphatic rings. The molecule has 20 aromatic carbocycles. The highest BCUT2D eigenvalue weighted by Crippen LogP contribution is 2.57. The Bertz CT molecular complexity index is 8540. The average molecular weight is 1790 g/mol. The Labute approximate surface area is 806 Å². The van der Waals surface area contributed by atoms with E-state index in [1.807, 2.05) is 0 Å². The topological polar surface area (TPSA) is 52.4 Å². The molecule has 0 saturated heterocycles. The van der Waals surface area contributed by atoms with E-state index in [1.165, 1.54) is 0 Å². The van der Waals surface area contributed by atoms with Gasteiger partial charge in [-0.15, -0.1) is 0 Å². The quantitative estimate of drug-likeness (QED) is 0.0714. The molecule has 12 heteroatoms. The Morgan fingerprint density at radius 3 is 0.479 bits per heavy atom. The first-order valence-corrected chi connectivity index (χ1v) is 47.7. The van der Waals surface area contributed by atoms with Crippen LogP contribution in [0.5, 0.6) is 0 Å². The van der Waals surface area contributed by atoms with Gasteiger partial charge in [0.1, 0.15) is 0 Å². The van der Waals surface area contributed by atoms with Crippen LogP contribution in [0.3, 0.4) is 0 Å². The number of rotatable bonds is 20. The van der Waals surface area contributed by atoms with Crippen LogP contribution < -0.4 is 19.6 Å². The lowest BCUT2D eigenvalue weighted by atomic mass is 9.89. The molecule has 0 radical (unpaired) electrons. The third-order valence-corrected chi connectivity index (χ3v) is 28.5. The van der Waals surface area contributed by atoms with E-state index in [4.69, 9.17) is 0 Å². The van der Waals surface area contributed by atoms with E-state index in [2.05, 4.69) is 579 Å². The summed E-state index contributed by atoms with van der Waals surface area (Å²) in [5.41, 5.74) is 29.0. The number of fused-ring (bicyclic) bond motifs is 8. The first kappa shape index (κ1) is 79.5. The molecule has 658 valence electrons. The van der Waals surface area contributed by atoms with Gasteiger partial charge in [0, 0.05) is 216 Å². The Morgan fingerprint density at radius 1 is 0.121 bits per heavy atom. The molecule has 0 saturated carbocycles. The molecule has 0 aliphatic heterocycles. The van der Waals surface area contributed by atoms with Crippen molar-refractivity contribution in [1.82, 2.24) is 36.5 Å². The second kappa shape index (κ2) is 32.4. The highest BCUT2D eigenvalue weighted by molar-refractivity contribution is 6.33. The van der Waals surface area contributed by atoms with Crippen molar-refractivity contribution < 1.29 is 0 Å². The van der Waals surface area contributed by atoms with Crippen molar-refractivity contribution in [3.05, 3.63) is 523 Å². The standard InChI is InChI=1S/C128H86N12/c1-9-25-95(26-10-1)129-73-65-91-77-103(49-57-115(91)129)137(107-45-41-87-61-69-133(119(87)81-107)99-33-17-5-18-34-99)123-85-124(138(104-50-58-116-92(78-104)66-74-130(116)96-27-11-2-12-28-96)108-46-42-88-62-70-134(120(88)82-108)100-35-19-6-20-36-100)112-55-56-114-126(140(106-52-60-118-94(80-106)68-76-132(118)98-31-15-4-16-32-98)110-48-44-90-64-72-136(122(90)84-110)102-39-23-8-24-40-102)86-125(113-54-53-111(123)127(112)128(113)114)139(105-51-59-117-93(79-105)67-75-131(117)97-29-13-3-14-30-97)109-47-43-89-63-71-135(121(89)83-109)101-37-21-7-22-38-101/h1-86H. The lowest BCUT2D eigenvalue weighted by Crippen LogP contribution is -2.16. The van der Waals surface area contributed by atoms with Gasteiger partial charge in [0.15, 0.2) is 0 Å². The van der Waals surface area contributed by atoms with Crippen LogP contribution in [-0.4, -0.2) is 36.5 Å². The summed E-state index contributed by atoms with van der Waals surface area (Å²) in [6.07, 6.45) is 17.7. The van der Waals surface area contributed by atoms with Crippen molar-refractivity contribution in [2.24, 2.45) is 0 Å². The van der Waals surface area contributed by atoms with E-state index in [1.54, 1.807) is 0 Å². The predicted molar refractivity (Wildman–Crippen MR) is 584 cm³/mol. The van der Waals surface area contributed by atoms with Gasteiger partial charge < -0.3 is 56.1 Å². The van der Waals surface area contributed by atoms with E-state index in [-0.39, 0.29) is 0 Å². The fourth-order valence-corrected chi connectivity index (χ4v) is 22.0. The molecule has 0 aliphatic carbocycles. The molecule has 0 atom stereocenters. The second-order valence-electron chi connectivity index (χ2n) is 36.4. The second-order valence-corrected chi connectivity index (χ2v) is 36.4. The zero-order valence-electron chi connectivity index (χ0n) is 76.0. The summed E-state index contributed by atoms with van der Waals surface area (Å²) in [6.45, 7) is 0. The van der Waals surface area contributed by atoms with Gasteiger partial charge in [-0.2, -0.15) is 0 Å². The SMILES string of the molecule is c1ccc(-n2ccc3cc(N(c4ccc5ccn(-c6ccccc6)c5c4)c4cc(N(c5ccc6c(ccn6-c6ccccc6)c5)c5ccc6ccn(-c7ccccc7)c6c5)c5ccc6c(N(c7ccc8c(ccn8-c8ccccc8)c7)c7ccc8ccn(-c9ccccc9)c8c7)cc(N(c7ccc8c(ccn8-c8ccccc8)c7)c7ccc8ccn(-c9ccccc9)c8c7)c7ccc4c5c76)ccc32)cc1. The van der Waals surface area contributed by atoms with Gasteiger partial charge >= 0.3 is 0 Å². The number of aromatic nitrogens is 8. The Hall–Kier alpha value is -19.0. The molecule has 0 spiro atoms. The fourth-order valence-electron chi connectivity index (χ4n) is 22.0. The molecule has 28 aromatic rings. The molecule has 140 heavy (non-hydrogen) atoms. The van der Waals surface area contributed by atoms with Gasteiger partial charge in [-0.1, -0.05) is 194 Å². The van der Waals surface area contributed by atoms with E-state index in [0.29, 0.717) is 0 Å². The maximum atomic E-state index is 2.56. The zero-order valence-corrected chi connectivity index (χ0v) is 76.0. The van der Waals surface area contributed by atoms with Crippen LogP contribution in [0.2, 0.25) is 0 Å². The number of anilines is 12. The minimum atomic E-state index is 0.970. The van der Waals surface area contributed by atoms with Gasteiger partial charge in [-0.05, 0) is 279 Å². The summed E-state index contributed by atoms with van der Waals surface area (Å²) in [6, 6.07) is 175. The summed E-state index contributed by atoms with van der Waals surface area (Å²) in [4.78, 5) is 10.2. The summed E-state index contributed by atoms with van der Waals surface area (Å²) >= 11 is 0. The van der Waals surface area contributed by atoms with Gasteiger partial charge in [-0.3, -0.25) is 0 Å². The van der Waals surface area contributed by atoms with Crippen molar-refractivity contribution in [2.75, 3.05) is 19.6 Å². The van der Waals surface area contributed by atoms with Crippen LogP contribution >= 0.6 is 0 Å². The summed E-state index contributed by atoms with van der Waals surface area (Å²) in [5.74, 6) is 0. The number of hydrogen-bond donors (Lipinski definition) is 0. The molecule has 28 rings (SSSR count). The minimum absolute atomic E-state index is 0.970. The van der Waals surface area contributed by atoms with Crippen molar-refractivity contribution in [1.29, 1.82) is 0 Å². The molecule has 0 unspecified atom stereocenters. The van der Waals surface area contributed by atoms with Crippen molar-refractivity contribution in [2.45, 2.75) is 0 Å². The van der Waals surface area contributed by atoms with Crippen LogP contribution in [0.15, 0.2) is 523 Å². The normalized spacial score (nSPS) is 11.9. The monoisotopic (exact) mass is 1790 g/mol. The molecule has 8 aromatic heterocycles. The lowest BCUT2D eigenvalue weighted by molar-refractivity contribution is 1.12. The largest absolute Gasteiger partial charge is 0.317 e. The van der Waals surface area contributed by atoms with Gasteiger partial charge in [0.05, 0.1) is 66.9 Å². The van der Waals surface area contributed by atoms with Crippen molar-refractivity contribution in [3.8, 4) is 45.5 Å². The highest BCUT2D eigenvalue weighted by atomic mass is 15.2. The Balaban J connectivity index is 0.799. The predicted octanol–water partition coefficient (Wildman–Crippen LogP) is 34.0. The van der Waals surface area contributed by atoms with Crippen LogP contribution in [0, 0.1) is 0 Å². The molecule has 0 fully saturated rings. The molecule has 0 N–H and O–H groups in total. The van der Waals surface area contributed by atoms with Crippen molar-refractivity contribution >= 4 is 188 Å². The average Bonchev–Trinajstić information content (AvgIpc) is 0.728. The van der Waals surface area contributed by atoms with E-state index >= 15 is 0 Å². The minimum Gasteiger partial charge on any atom is -0.317 e. The Kier molecular flexibility index (Phi) is 18.4. The van der Waals surface area contributed by atoms with E-state index in [9.17, 15) is 0 Å². The maximum Gasteiger partial charge on any atom is 0.0561 e. The lowest BCUT2D eigenvalue weighted by Gasteiger charge is -2.34. The van der Waals surface area contributed by atoms with Crippen LogP contribution in [0.25, 0.3) is 165 Å². The molecular weight excluding hydrogens is 1710 g/mol. The van der Waals surface area contributed by atoms with Crippen LogP contribution in [0.1, 0.15) is 0 Å². The van der Waals surface area contributed by atoms with E-state index in [0.717, 1.165) is 233 Å². The first-order chi connectivity index (χ1) is 69.4. The van der Waals surface area contributed by atoms with E-state index < -0.39 is 0 Å². The van der Waals surface area contributed by atoms with Gasteiger partial charge in [0.2, 0.25) is 0 Å². The molecule has 0 bridgehead atoms. The molecular formula is C128H86N12. The third-order valence-electron chi connectivity index (χ3n) is 28.5. The number of nitrogens with zero attached hydrogens (tertiary/aromatic N) is 12. The summed E-state index contributed by atoms with van der Waals surface area (Å²) in [5, 5.41) is 15.2. The zero-order chi connectivity index (χ0) is 92.0. The number of para-hydroxylation sites is 8. The van der Waals surface area contributed by atoms with Crippen molar-refractivity contribution in [3.63, 3.8) is 0 Å². The third kappa shape index (κ3) is 13.1. The number of benzene rings is 20. The fraction of sp³-hybridized carbons (Fsp3) is 0. The van der Waals surface area contributed by atoms with Crippen LogP contribution in [0.4, 0.5) is 68.2 Å². The first-order valence-electron chi connectivity index (χ1n) is 47.7. The maximum absolute atomic E-state index is 2.56. The molecule has 8 heterocycles. The summed E-state index contributed by atoms with van der Waals surface area (Å²) in [7, 11) is 0. The van der Waals surface area contributed by atoms with Gasteiger partial charge in [0.25, 0.3) is 0 Å².